The van der Waals surface area contributed by atoms with Gasteiger partial charge in [-0.15, -0.1) is 0 Å². The Labute approximate surface area is 141 Å². The van der Waals surface area contributed by atoms with E-state index in [1.54, 1.807) is 24.3 Å². The monoisotopic (exact) mass is 321 g/mol. The van der Waals surface area contributed by atoms with Crippen LogP contribution >= 0.6 is 0 Å². The van der Waals surface area contributed by atoms with E-state index in [4.69, 9.17) is 5.26 Å². The lowest BCUT2D eigenvalue weighted by molar-refractivity contribution is -0.122. The Balaban J connectivity index is 1.97. The summed E-state index contributed by atoms with van der Waals surface area (Å²) in [5.41, 5.74) is 1.45. The Kier molecular flexibility index (Phi) is 6.54. The third kappa shape index (κ3) is 4.96. The number of hydrogen-bond acceptors (Lipinski definition) is 3. The zero-order chi connectivity index (χ0) is 17.2. The van der Waals surface area contributed by atoms with Gasteiger partial charge in [0.2, 0.25) is 5.91 Å². The zero-order valence-electron chi connectivity index (χ0n) is 13.2. The minimum Gasteiger partial charge on any atom is -0.352 e. The Morgan fingerprint density at radius 2 is 1.58 bits per heavy atom. The average Bonchev–Trinajstić information content (AvgIpc) is 2.64. The number of amides is 2. The normalized spacial score (nSPS) is 11.1. The van der Waals surface area contributed by atoms with E-state index in [0.29, 0.717) is 18.5 Å². The molecule has 0 aliphatic carbocycles. The summed E-state index contributed by atoms with van der Waals surface area (Å²) in [5.74, 6) is -0.785. The van der Waals surface area contributed by atoms with Crippen molar-refractivity contribution in [3.63, 3.8) is 0 Å². The fraction of sp³-hybridized carbons (Fsp3) is 0.211. The molecule has 0 radical (unpaired) electrons. The molecule has 2 aromatic rings. The summed E-state index contributed by atoms with van der Waals surface area (Å²) in [6.45, 7) is 0.339. The van der Waals surface area contributed by atoms with Crippen molar-refractivity contribution in [2.75, 3.05) is 13.1 Å². The van der Waals surface area contributed by atoms with E-state index in [2.05, 4.69) is 10.6 Å². The molecule has 2 aromatic carbocycles. The smallest absolute Gasteiger partial charge is 0.251 e. The molecule has 0 aliphatic rings. The molecule has 2 amide bonds. The van der Waals surface area contributed by atoms with Crippen molar-refractivity contribution >= 4 is 11.8 Å². The summed E-state index contributed by atoms with van der Waals surface area (Å²) >= 11 is 0. The predicted octanol–water partition coefficient (Wildman–Crippen LogP) is 2.23. The molecule has 0 aromatic heterocycles. The second-order valence-electron chi connectivity index (χ2n) is 5.25. The van der Waals surface area contributed by atoms with Crippen LogP contribution in [-0.4, -0.2) is 24.9 Å². The Bertz CT molecular complexity index is 708. The predicted molar refractivity (Wildman–Crippen MR) is 91.2 cm³/mol. The summed E-state index contributed by atoms with van der Waals surface area (Å²) < 4.78 is 0. The Hall–Kier alpha value is -3.13. The first-order valence-corrected chi connectivity index (χ1v) is 7.75. The van der Waals surface area contributed by atoms with Crippen LogP contribution in [0, 0.1) is 11.3 Å². The molecule has 0 fully saturated rings. The van der Waals surface area contributed by atoms with E-state index in [0.717, 1.165) is 5.56 Å². The van der Waals surface area contributed by atoms with Crippen LogP contribution in [0.4, 0.5) is 0 Å². The topological polar surface area (TPSA) is 82.0 Å². The first kappa shape index (κ1) is 17.2. The van der Waals surface area contributed by atoms with Crippen LogP contribution < -0.4 is 10.6 Å². The van der Waals surface area contributed by atoms with Crippen LogP contribution in [0.3, 0.4) is 0 Å². The minimum absolute atomic E-state index is 0.0292. The van der Waals surface area contributed by atoms with Crippen LogP contribution in [0.1, 0.15) is 28.3 Å². The van der Waals surface area contributed by atoms with Gasteiger partial charge in [0, 0.05) is 12.1 Å². The molecule has 5 nitrogen and oxygen atoms in total. The Morgan fingerprint density at radius 1 is 0.958 bits per heavy atom. The second-order valence-corrected chi connectivity index (χ2v) is 5.25. The van der Waals surface area contributed by atoms with Gasteiger partial charge in [-0.3, -0.25) is 9.59 Å². The van der Waals surface area contributed by atoms with Crippen molar-refractivity contribution < 1.29 is 9.59 Å². The summed E-state index contributed by atoms with van der Waals surface area (Å²) in [6.07, 6.45) is 0.458. The molecule has 0 saturated heterocycles. The maximum atomic E-state index is 12.3. The number of carbonyl (C=O) groups excluding carboxylic acids is 2. The second kappa shape index (κ2) is 9.11. The molecule has 1 atom stereocenters. The average molecular weight is 321 g/mol. The number of nitrogens with zero attached hydrogens (tertiary/aromatic N) is 1. The number of carbonyl (C=O) groups is 2. The highest BCUT2D eigenvalue weighted by molar-refractivity contribution is 5.94. The fourth-order valence-electron chi connectivity index (χ4n) is 2.41. The molecule has 1 unspecified atom stereocenters. The maximum Gasteiger partial charge on any atom is 0.251 e. The van der Waals surface area contributed by atoms with Gasteiger partial charge in [0.15, 0.2) is 0 Å². The molecule has 0 saturated carbocycles. The summed E-state index contributed by atoms with van der Waals surface area (Å²) in [7, 11) is 0. The van der Waals surface area contributed by atoms with Crippen molar-refractivity contribution in [3.8, 4) is 6.07 Å². The minimum atomic E-state index is -0.407. The lowest BCUT2D eigenvalue weighted by Gasteiger charge is -2.16. The van der Waals surface area contributed by atoms with Gasteiger partial charge in [-0.05, 0) is 24.1 Å². The van der Waals surface area contributed by atoms with Gasteiger partial charge >= 0.3 is 0 Å². The van der Waals surface area contributed by atoms with E-state index < -0.39 is 5.92 Å². The highest BCUT2D eigenvalue weighted by Crippen LogP contribution is 2.19. The lowest BCUT2D eigenvalue weighted by Crippen LogP contribution is -2.33. The van der Waals surface area contributed by atoms with Crippen molar-refractivity contribution in [1.82, 2.24) is 10.6 Å². The van der Waals surface area contributed by atoms with Gasteiger partial charge in [-0.2, -0.15) is 5.26 Å². The molecule has 0 bridgehead atoms. The van der Waals surface area contributed by atoms with E-state index in [-0.39, 0.29) is 18.4 Å². The highest BCUT2D eigenvalue weighted by atomic mass is 16.2. The number of rotatable bonds is 7. The van der Waals surface area contributed by atoms with E-state index >= 15 is 0 Å². The van der Waals surface area contributed by atoms with Crippen LogP contribution in [0.15, 0.2) is 60.7 Å². The largest absolute Gasteiger partial charge is 0.352 e. The van der Waals surface area contributed by atoms with Gasteiger partial charge in [-0.1, -0.05) is 48.5 Å². The number of hydrogen-bond donors (Lipinski definition) is 2. The van der Waals surface area contributed by atoms with Crippen LogP contribution in [0.2, 0.25) is 0 Å². The summed E-state index contributed by atoms with van der Waals surface area (Å²) in [6, 6.07) is 20.2. The van der Waals surface area contributed by atoms with Crippen LogP contribution in [0.5, 0.6) is 0 Å². The van der Waals surface area contributed by atoms with E-state index in [1.807, 2.05) is 42.5 Å². The molecule has 24 heavy (non-hydrogen) atoms. The zero-order valence-corrected chi connectivity index (χ0v) is 13.2. The summed E-state index contributed by atoms with van der Waals surface area (Å²) in [4.78, 5) is 24.3. The van der Waals surface area contributed by atoms with Crippen molar-refractivity contribution in [2.24, 2.45) is 0 Å². The highest BCUT2D eigenvalue weighted by Gasteiger charge is 2.20. The molecular formula is C19H19N3O2. The summed E-state index contributed by atoms with van der Waals surface area (Å²) in [5, 5.41) is 14.0. The molecule has 122 valence electrons. The van der Waals surface area contributed by atoms with Gasteiger partial charge in [0.25, 0.3) is 5.91 Å². The number of nitrogens with one attached hydrogen (secondary N) is 2. The SMILES string of the molecule is N#CCNC(=O)C(CCNC(=O)c1ccccc1)c1ccccc1. The first-order valence-electron chi connectivity index (χ1n) is 7.75. The third-order valence-electron chi connectivity index (χ3n) is 3.61. The van der Waals surface area contributed by atoms with Gasteiger partial charge in [0.05, 0.1) is 12.0 Å². The number of benzene rings is 2. The van der Waals surface area contributed by atoms with Crippen molar-refractivity contribution in [1.29, 1.82) is 5.26 Å². The van der Waals surface area contributed by atoms with Crippen LogP contribution in [-0.2, 0) is 4.79 Å². The molecule has 2 rings (SSSR count). The molecule has 5 heteroatoms. The Morgan fingerprint density at radius 3 is 2.21 bits per heavy atom. The fourth-order valence-corrected chi connectivity index (χ4v) is 2.41. The number of nitriles is 1. The molecular weight excluding hydrogens is 302 g/mol. The quantitative estimate of drug-likeness (QED) is 0.767. The molecule has 2 N–H and O–H groups in total. The first-order chi connectivity index (χ1) is 11.7. The van der Waals surface area contributed by atoms with Gasteiger partial charge < -0.3 is 10.6 Å². The van der Waals surface area contributed by atoms with Crippen molar-refractivity contribution in [2.45, 2.75) is 12.3 Å². The molecule has 0 aliphatic heterocycles. The van der Waals surface area contributed by atoms with Gasteiger partial charge in [0.1, 0.15) is 6.54 Å². The van der Waals surface area contributed by atoms with E-state index in [1.165, 1.54) is 0 Å². The maximum absolute atomic E-state index is 12.3. The standard InChI is InChI=1S/C19H19N3O2/c20-12-14-22-19(24)17(15-7-3-1-4-8-15)11-13-21-18(23)16-9-5-2-6-10-16/h1-10,17H,11,13-14H2,(H,21,23)(H,22,24). The molecule has 0 spiro atoms. The molecule has 0 heterocycles. The van der Waals surface area contributed by atoms with Crippen LogP contribution in [0.25, 0.3) is 0 Å². The van der Waals surface area contributed by atoms with E-state index in [9.17, 15) is 9.59 Å². The van der Waals surface area contributed by atoms with Crippen molar-refractivity contribution in [3.05, 3.63) is 71.8 Å². The van der Waals surface area contributed by atoms with Gasteiger partial charge in [-0.25, -0.2) is 0 Å². The third-order valence-corrected chi connectivity index (χ3v) is 3.61. The lowest BCUT2D eigenvalue weighted by atomic mass is 9.94.